The van der Waals surface area contributed by atoms with Gasteiger partial charge in [0.2, 0.25) is 5.91 Å². The molecule has 0 aliphatic rings. The number of aromatic nitrogens is 2. The van der Waals surface area contributed by atoms with Crippen LogP contribution in [-0.2, 0) is 4.79 Å². The summed E-state index contributed by atoms with van der Waals surface area (Å²) < 4.78 is 1.56. The number of carbonyl (C=O) groups is 1. The minimum Gasteiger partial charge on any atom is -0.354 e. The van der Waals surface area contributed by atoms with E-state index in [-0.39, 0.29) is 11.9 Å². The lowest BCUT2D eigenvalue weighted by Gasteiger charge is -2.11. The van der Waals surface area contributed by atoms with Crippen molar-refractivity contribution in [1.82, 2.24) is 15.1 Å². The second kappa shape index (κ2) is 5.75. The van der Waals surface area contributed by atoms with E-state index < -0.39 is 0 Å². The molecule has 0 saturated carbocycles. The standard InChI is InChI=1S/C10H16ClN3O/c1-3-4-5-12-10(15)8(2)14-7-9(11)6-13-14/h6-8H,3-5H2,1-2H3,(H,12,15). The van der Waals surface area contributed by atoms with E-state index in [0.29, 0.717) is 11.6 Å². The van der Waals surface area contributed by atoms with Crippen LogP contribution in [0.1, 0.15) is 32.7 Å². The molecule has 0 aliphatic heterocycles. The Labute approximate surface area is 94.6 Å². The summed E-state index contributed by atoms with van der Waals surface area (Å²) in [5.74, 6) is -0.0248. The first-order valence-corrected chi connectivity index (χ1v) is 5.50. The fraction of sp³-hybridized carbons (Fsp3) is 0.600. The van der Waals surface area contributed by atoms with Crippen molar-refractivity contribution in [3.05, 3.63) is 17.4 Å². The van der Waals surface area contributed by atoms with E-state index >= 15 is 0 Å². The highest BCUT2D eigenvalue weighted by Crippen LogP contribution is 2.10. The monoisotopic (exact) mass is 229 g/mol. The highest BCUT2D eigenvalue weighted by molar-refractivity contribution is 6.30. The van der Waals surface area contributed by atoms with Crippen molar-refractivity contribution in [2.75, 3.05) is 6.54 Å². The maximum Gasteiger partial charge on any atom is 0.244 e. The van der Waals surface area contributed by atoms with Crippen molar-refractivity contribution in [3.8, 4) is 0 Å². The molecule has 0 fully saturated rings. The van der Waals surface area contributed by atoms with Crippen LogP contribution in [-0.4, -0.2) is 22.2 Å². The summed E-state index contributed by atoms with van der Waals surface area (Å²) in [6, 6.07) is -0.311. The lowest BCUT2D eigenvalue weighted by molar-refractivity contribution is -0.124. The molecule has 0 spiro atoms. The van der Waals surface area contributed by atoms with Gasteiger partial charge in [0.1, 0.15) is 6.04 Å². The quantitative estimate of drug-likeness (QED) is 0.786. The molecule has 15 heavy (non-hydrogen) atoms. The highest BCUT2D eigenvalue weighted by Gasteiger charge is 2.14. The molecular weight excluding hydrogens is 214 g/mol. The van der Waals surface area contributed by atoms with Crippen LogP contribution in [0.2, 0.25) is 5.02 Å². The number of hydrogen-bond acceptors (Lipinski definition) is 2. The van der Waals surface area contributed by atoms with Crippen LogP contribution in [0.15, 0.2) is 12.4 Å². The normalized spacial score (nSPS) is 12.5. The molecule has 0 aromatic carbocycles. The van der Waals surface area contributed by atoms with E-state index in [9.17, 15) is 4.79 Å². The number of halogens is 1. The zero-order chi connectivity index (χ0) is 11.3. The first-order chi connectivity index (χ1) is 7.15. The fourth-order valence-corrected chi connectivity index (χ4v) is 1.33. The number of rotatable bonds is 5. The molecule has 0 aliphatic carbocycles. The summed E-state index contributed by atoms with van der Waals surface area (Å²) >= 11 is 5.72. The zero-order valence-electron chi connectivity index (χ0n) is 9.03. The third kappa shape index (κ3) is 3.55. The number of unbranched alkanes of at least 4 members (excludes halogenated alkanes) is 1. The average Bonchev–Trinajstić information content (AvgIpc) is 2.64. The first kappa shape index (κ1) is 12.0. The fourth-order valence-electron chi connectivity index (χ4n) is 1.18. The van der Waals surface area contributed by atoms with Crippen molar-refractivity contribution >= 4 is 17.5 Å². The third-order valence-corrected chi connectivity index (χ3v) is 2.37. The third-order valence-electron chi connectivity index (χ3n) is 2.18. The Morgan fingerprint density at radius 2 is 2.47 bits per heavy atom. The van der Waals surface area contributed by atoms with E-state index in [1.54, 1.807) is 17.8 Å². The SMILES string of the molecule is CCCCNC(=O)C(C)n1cc(Cl)cn1. The Kier molecular flexibility index (Phi) is 4.62. The van der Waals surface area contributed by atoms with Crippen LogP contribution in [0.5, 0.6) is 0 Å². The Morgan fingerprint density at radius 1 is 1.73 bits per heavy atom. The van der Waals surface area contributed by atoms with Gasteiger partial charge in [-0.1, -0.05) is 24.9 Å². The van der Waals surface area contributed by atoms with Crippen LogP contribution in [0, 0.1) is 0 Å². The number of carbonyl (C=O) groups excluding carboxylic acids is 1. The molecule has 1 unspecified atom stereocenters. The molecule has 84 valence electrons. The number of amides is 1. The summed E-state index contributed by atoms with van der Waals surface area (Å²) in [5, 5.41) is 7.38. The molecule has 1 rings (SSSR count). The molecular formula is C10H16ClN3O. The van der Waals surface area contributed by atoms with Gasteiger partial charge in [-0.25, -0.2) is 0 Å². The molecule has 0 bridgehead atoms. The van der Waals surface area contributed by atoms with Gasteiger partial charge < -0.3 is 5.32 Å². The van der Waals surface area contributed by atoms with Crippen molar-refractivity contribution in [2.45, 2.75) is 32.7 Å². The molecule has 1 amide bonds. The molecule has 1 aromatic rings. The van der Waals surface area contributed by atoms with Crippen molar-refractivity contribution in [3.63, 3.8) is 0 Å². The first-order valence-electron chi connectivity index (χ1n) is 5.12. The Morgan fingerprint density at radius 3 is 3.00 bits per heavy atom. The van der Waals surface area contributed by atoms with Gasteiger partial charge in [0, 0.05) is 12.7 Å². The molecule has 1 atom stereocenters. The predicted molar refractivity (Wildman–Crippen MR) is 59.9 cm³/mol. The molecule has 1 heterocycles. The van der Waals surface area contributed by atoms with Gasteiger partial charge >= 0.3 is 0 Å². The zero-order valence-corrected chi connectivity index (χ0v) is 9.79. The van der Waals surface area contributed by atoms with Gasteiger partial charge in [0.25, 0.3) is 0 Å². The average molecular weight is 230 g/mol. The summed E-state index contributed by atoms with van der Waals surface area (Å²) in [6.45, 7) is 4.60. The minimum absolute atomic E-state index is 0.0248. The number of nitrogens with one attached hydrogen (secondary N) is 1. The highest BCUT2D eigenvalue weighted by atomic mass is 35.5. The van der Waals surface area contributed by atoms with E-state index in [2.05, 4.69) is 17.3 Å². The van der Waals surface area contributed by atoms with Crippen LogP contribution >= 0.6 is 11.6 Å². The summed E-state index contributed by atoms with van der Waals surface area (Å²) in [5.41, 5.74) is 0. The maximum atomic E-state index is 11.6. The lowest BCUT2D eigenvalue weighted by atomic mass is 10.3. The van der Waals surface area contributed by atoms with E-state index in [0.717, 1.165) is 12.8 Å². The molecule has 0 saturated heterocycles. The van der Waals surface area contributed by atoms with Crippen molar-refractivity contribution in [1.29, 1.82) is 0 Å². The second-order valence-electron chi connectivity index (χ2n) is 3.46. The van der Waals surface area contributed by atoms with Crippen LogP contribution in [0.3, 0.4) is 0 Å². The Hall–Kier alpha value is -1.03. The second-order valence-corrected chi connectivity index (χ2v) is 3.90. The van der Waals surface area contributed by atoms with Gasteiger partial charge in [0.05, 0.1) is 11.2 Å². The van der Waals surface area contributed by atoms with Crippen molar-refractivity contribution in [2.24, 2.45) is 0 Å². The van der Waals surface area contributed by atoms with Gasteiger partial charge in [-0.15, -0.1) is 0 Å². The predicted octanol–water partition coefficient (Wildman–Crippen LogP) is 2.01. The molecule has 5 heteroatoms. The van der Waals surface area contributed by atoms with Crippen LogP contribution in [0.25, 0.3) is 0 Å². The largest absolute Gasteiger partial charge is 0.354 e. The molecule has 0 radical (unpaired) electrons. The van der Waals surface area contributed by atoms with Crippen LogP contribution in [0.4, 0.5) is 0 Å². The van der Waals surface area contributed by atoms with E-state index in [4.69, 9.17) is 11.6 Å². The van der Waals surface area contributed by atoms with Gasteiger partial charge in [0.15, 0.2) is 0 Å². The van der Waals surface area contributed by atoms with Gasteiger partial charge in [-0.3, -0.25) is 9.48 Å². The molecule has 1 aromatic heterocycles. The molecule has 4 nitrogen and oxygen atoms in total. The Bertz CT molecular complexity index is 324. The minimum atomic E-state index is -0.311. The summed E-state index contributed by atoms with van der Waals surface area (Å²) in [4.78, 5) is 11.6. The topological polar surface area (TPSA) is 46.9 Å². The van der Waals surface area contributed by atoms with Crippen molar-refractivity contribution < 1.29 is 4.79 Å². The Balaban J connectivity index is 2.46. The summed E-state index contributed by atoms with van der Waals surface area (Å²) in [6.07, 6.45) is 5.24. The van der Waals surface area contributed by atoms with Gasteiger partial charge in [-0.2, -0.15) is 5.10 Å². The van der Waals surface area contributed by atoms with E-state index in [1.165, 1.54) is 6.20 Å². The summed E-state index contributed by atoms with van der Waals surface area (Å²) in [7, 11) is 0. The number of hydrogen-bond donors (Lipinski definition) is 1. The smallest absolute Gasteiger partial charge is 0.244 e. The maximum absolute atomic E-state index is 11.6. The lowest BCUT2D eigenvalue weighted by Crippen LogP contribution is -2.31. The van der Waals surface area contributed by atoms with E-state index in [1.807, 2.05) is 0 Å². The number of nitrogens with zero attached hydrogens (tertiary/aromatic N) is 2. The molecule has 1 N–H and O–H groups in total. The van der Waals surface area contributed by atoms with Gasteiger partial charge in [-0.05, 0) is 13.3 Å². The van der Waals surface area contributed by atoms with Crippen LogP contribution < -0.4 is 5.32 Å².